The molecule has 0 saturated carbocycles. The van der Waals surface area contributed by atoms with Crippen LogP contribution in [0.1, 0.15) is 31.8 Å². The van der Waals surface area contributed by atoms with Crippen molar-refractivity contribution >= 4 is 63.8 Å². The number of hydrogen-bond donors (Lipinski definition) is 1. The first-order chi connectivity index (χ1) is 16.3. The molecule has 1 aliphatic rings. The highest BCUT2D eigenvalue weighted by atomic mass is 35.5. The van der Waals surface area contributed by atoms with Gasteiger partial charge in [-0.15, -0.1) is 0 Å². The van der Waals surface area contributed by atoms with E-state index in [0.29, 0.717) is 32.4 Å². The first-order valence-corrected chi connectivity index (χ1v) is 11.6. The van der Waals surface area contributed by atoms with Crippen molar-refractivity contribution in [3.05, 3.63) is 105 Å². The summed E-state index contributed by atoms with van der Waals surface area (Å²) in [5, 5.41) is 1.59. The lowest BCUT2D eigenvalue weighted by atomic mass is 10.1. The molecular formula is C25H17ClN2O4S2. The van der Waals surface area contributed by atoms with E-state index in [1.807, 2.05) is 19.1 Å². The minimum absolute atomic E-state index is 0.227. The van der Waals surface area contributed by atoms with Gasteiger partial charge in [0.05, 0.1) is 10.5 Å². The number of hydrogen-bond acceptors (Lipinski definition) is 6. The van der Waals surface area contributed by atoms with Crippen LogP contribution in [0.25, 0.3) is 6.08 Å². The molecule has 170 valence electrons. The number of esters is 1. The molecule has 0 aromatic heterocycles. The second-order valence-corrected chi connectivity index (χ2v) is 9.40. The van der Waals surface area contributed by atoms with Crippen molar-refractivity contribution in [3.8, 4) is 5.75 Å². The highest BCUT2D eigenvalue weighted by molar-refractivity contribution is 8.26. The van der Waals surface area contributed by atoms with Gasteiger partial charge in [-0.3, -0.25) is 15.0 Å². The van der Waals surface area contributed by atoms with E-state index in [2.05, 4.69) is 5.43 Å². The first-order valence-electron chi connectivity index (χ1n) is 10.0. The zero-order valence-corrected chi connectivity index (χ0v) is 20.2. The number of ether oxygens (including phenoxy) is 1. The molecule has 1 aliphatic heterocycles. The fraction of sp³-hybridized carbons (Fsp3) is 0.0400. The Morgan fingerprint density at radius 1 is 0.971 bits per heavy atom. The third kappa shape index (κ3) is 5.53. The van der Waals surface area contributed by atoms with Gasteiger partial charge in [0.25, 0.3) is 11.8 Å². The van der Waals surface area contributed by atoms with E-state index in [4.69, 9.17) is 28.6 Å². The monoisotopic (exact) mass is 508 g/mol. The van der Waals surface area contributed by atoms with Crippen molar-refractivity contribution in [1.29, 1.82) is 0 Å². The van der Waals surface area contributed by atoms with Gasteiger partial charge in [-0.1, -0.05) is 53.2 Å². The van der Waals surface area contributed by atoms with Crippen LogP contribution in [0.4, 0.5) is 0 Å². The highest BCUT2D eigenvalue weighted by Crippen LogP contribution is 2.31. The highest BCUT2D eigenvalue weighted by Gasteiger charge is 2.33. The molecule has 0 radical (unpaired) electrons. The summed E-state index contributed by atoms with van der Waals surface area (Å²) in [4.78, 5) is 37.9. The van der Waals surface area contributed by atoms with Crippen molar-refractivity contribution in [3.63, 3.8) is 0 Å². The molecule has 6 nitrogen and oxygen atoms in total. The van der Waals surface area contributed by atoms with E-state index >= 15 is 0 Å². The van der Waals surface area contributed by atoms with Crippen LogP contribution < -0.4 is 10.2 Å². The Labute approximate surface area is 210 Å². The van der Waals surface area contributed by atoms with E-state index in [9.17, 15) is 14.4 Å². The van der Waals surface area contributed by atoms with E-state index in [1.54, 1.807) is 66.7 Å². The van der Waals surface area contributed by atoms with Gasteiger partial charge < -0.3 is 4.74 Å². The molecule has 0 atom stereocenters. The number of amides is 2. The first kappa shape index (κ1) is 23.7. The number of halogens is 1. The zero-order valence-electron chi connectivity index (χ0n) is 17.8. The molecule has 3 aromatic rings. The van der Waals surface area contributed by atoms with Gasteiger partial charge in [-0.05, 0) is 79.3 Å². The molecule has 34 heavy (non-hydrogen) atoms. The minimum Gasteiger partial charge on any atom is -0.423 e. The van der Waals surface area contributed by atoms with Gasteiger partial charge >= 0.3 is 5.97 Å². The number of hydrazine groups is 1. The van der Waals surface area contributed by atoms with E-state index in [0.717, 1.165) is 22.3 Å². The standard InChI is InChI=1S/C25H17ClN2O4S2/c1-15-2-6-17(7-3-15)22(29)27-28-23(30)21(34-25(28)33)14-16-4-12-20(13-5-16)32-24(31)18-8-10-19(26)11-9-18/h2-14H,1H3,(H,27,29). The fourth-order valence-electron chi connectivity index (χ4n) is 2.97. The maximum atomic E-state index is 12.8. The summed E-state index contributed by atoms with van der Waals surface area (Å²) in [5.41, 5.74) is 5.09. The number of benzene rings is 3. The van der Waals surface area contributed by atoms with Crippen LogP contribution in [0.15, 0.2) is 77.7 Å². The summed E-state index contributed by atoms with van der Waals surface area (Å²) < 4.78 is 5.59. The summed E-state index contributed by atoms with van der Waals surface area (Å²) in [6.07, 6.45) is 1.65. The van der Waals surface area contributed by atoms with Crippen molar-refractivity contribution in [1.82, 2.24) is 10.4 Å². The molecule has 1 fully saturated rings. The van der Waals surface area contributed by atoms with Crippen molar-refractivity contribution in [2.24, 2.45) is 0 Å². The van der Waals surface area contributed by atoms with Gasteiger partial charge in [-0.25, -0.2) is 4.79 Å². The average molecular weight is 509 g/mol. The molecule has 1 N–H and O–H groups in total. The van der Waals surface area contributed by atoms with Crippen LogP contribution in [0.3, 0.4) is 0 Å². The molecule has 4 rings (SSSR count). The van der Waals surface area contributed by atoms with Gasteiger partial charge in [-0.2, -0.15) is 5.01 Å². The second-order valence-electron chi connectivity index (χ2n) is 7.29. The molecule has 3 aromatic carbocycles. The topological polar surface area (TPSA) is 75.7 Å². The van der Waals surface area contributed by atoms with Gasteiger partial charge in [0.2, 0.25) is 0 Å². The molecule has 0 bridgehead atoms. The van der Waals surface area contributed by atoms with Crippen molar-refractivity contribution in [2.45, 2.75) is 6.92 Å². The lowest BCUT2D eigenvalue weighted by molar-refractivity contribution is -0.123. The summed E-state index contributed by atoms with van der Waals surface area (Å²) >= 11 is 12.2. The number of carbonyl (C=O) groups excluding carboxylic acids is 3. The van der Waals surface area contributed by atoms with Crippen LogP contribution in [-0.4, -0.2) is 27.1 Å². The van der Waals surface area contributed by atoms with Crippen LogP contribution in [0.2, 0.25) is 5.02 Å². The lowest BCUT2D eigenvalue weighted by Gasteiger charge is -2.15. The number of aryl methyl sites for hydroxylation is 1. The number of carbonyl (C=O) groups is 3. The lowest BCUT2D eigenvalue weighted by Crippen LogP contribution is -2.44. The number of nitrogens with one attached hydrogen (secondary N) is 1. The summed E-state index contributed by atoms with van der Waals surface area (Å²) in [6.45, 7) is 1.92. The van der Waals surface area contributed by atoms with Crippen molar-refractivity contribution < 1.29 is 19.1 Å². The Morgan fingerprint density at radius 2 is 1.59 bits per heavy atom. The SMILES string of the molecule is Cc1ccc(C(=O)NN2C(=O)C(=Cc3ccc(OC(=O)c4ccc(Cl)cc4)cc3)SC2=S)cc1. The average Bonchev–Trinajstić information content (AvgIpc) is 3.08. The quantitative estimate of drug-likeness (QED) is 0.215. The largest absolute Gasteiger partial charge is 0.423 e. The Kier molecular flexibility index (Phi) is 7.12. The number of thioether (sulfide) groups is 1. The molecule has 1 saturated heterocycles. The molecule has 0 unspecified atom stereocenters. The normalized spacial score (nSPS) is 14.4. The van der Waals surface area contributed by atoms with Crippen LogP contribution >= 0.6 is 35.6 Å². The fourth-order valence-corrected chi connectivity index (χ4v) is 4.28. The minimum atomic E-state index is -0.505. The molecule has 1 heterocycles. The molecule has 0 aliphatic carbocycles. The number of nitrogens with zero attached hydrogens (tertiary/aromatic N) is 1. The zero-order chi connectivity index (χ0) is 24.2. The third-order valence-electron chi connectivity index (χ3n) is 4.79. The molecule has 2 amide bonds. The van der Waals surface area contributed by atoms with Crippen LogP contribution in [0, 0.1) is 6.92 Å². The molecule has 9 heteroatoms. The summed E-state index contributed by atoms with van der Waals surface area (Å²) in [7, 11) is 0. The Bertz CT molecular complexity index is 1300. The molecular weight excluding hydrogens is 492 g/mol. The Morgan fingerprint density at radius 3 is 2.24 bits per heavy atom. The van der Waals surface area contributed by atoms with Gasteiger partial charge in [0, 0.05) is 10.6 Å². The Hall–Kier alpha value is -3.46. The smallest absolute Gasteiger partial charge is 0.343 e. The summed E-state index contributed by atoms with van der Waals surface area (Å²) in [5.74, 6) is -0.997. The van der Waals surface area contributed by atoms with Gasteiger partial charge in [0.1, 0.15) is 5.75 Å². The number of rotatable bonds is 5. The van der Waals surface area contributed by atoms with E-state index < -0.39 is 17.8 Å². The third-order valence-corrected chi connectivity index (χ3v) is 6.34. The van der Waals surface area contributed by atoms with Crippen molar-refractivity contribution in [2.75, 3.05) is 0 Å². The van der Waals surface area contributed by atoms with E-state index in [1.165, 1.54) is 0 Å². The van der Waals surface area contributed by atoms with E-state index in [-0.39, 0.29) is 4.32 Å². The van der Waals surface area contributed by atoms with Crippen LogP contribution in [-0.2, 0) is 4.79 Å². The molecule has 0 spiro atoms. The van der Waals surface area contributed by atoms with Gasteiger partial charge in [0.15, 0.2) is 4.32 Å². The predicted octanol–water partition coefficient (Wildman–Crippen LogP) is 5.41. The number of thiocarbonyl (C=S) groups is 1. The Balaban J connectivity index is 1.41. The maximum absolute atomic E-state index is 12.8. The summed E-state index contributed by atoms with van der Waals surface area (Å²) in [6, 6.07) is 20.0. The predicted molar refractivity (Wildman–Crippen MR) is 137 cm³/mol. The van der Waals surface area contributed by atoms with Crippen LogP contribution in [0.5, 0.6) is 5.75 Å². The second kappa shape index (κ2) is 10.2. The maximum Gasteiger partial charge on any atom is 0.343 e.